The van der Waals surface area contributed by atoms with Crippen LogP contribution in [0.1, 0.15) is 40.0 Å². The van der Waals surface area contributed by atoms with Gasteiger partial charge >= 0.3 is 0 Å². The minimum atomic E-state index is -0.00440. The zero-order valence-electron chi connectivity index (χ0n) is 11.0. The van der Waals surface area contributed by atoms with Crippen molar-refractivity contribution < 1.29 is 9.59 Å². The van der Waals surface area contributed by atoms with Gasteiger partial charge in [0, 0.05) is 30.6 Å². The number of likely N-dealkylation sites (tertiary alicyclic amines) is 1. The Morgan fingerprint density at radius 1 is 1.06 bits per heavy atom. The molecule has 1 saturated carbocycles. The molecule has 94 valence electrons. The SMILES string of the molecule is CC(=C1C(=O)[C@H](C)C[C@@H](C)C1=O)N1CCCC1. The third kappa shape index (κ3) is 2.15. The van der Waals surface area contributed by atoms with E-state index in [-0.39, 0.29) is 23.4 Å². The molecular formula is C14H21NO2. The maximum Gasteiger partial charge on any atom is 0.171 e. The lowest BCUT2D eigenvalue weighted by Crippen LogP contribution is -2.35. The number of hydrogen-bond acceptors (Lipinski definition) is 3. The van der Waals surface area contributed by atoms with Crippen LogP contribution >= 0.6 is 0 Å². The Morgan fingerprint density at radius 3 is 2.00 bits per heavy atom. The minimum absolute atomic E-state index is 0.00440. The molecule has 0 aromatic heterocycles. The first-order valence-corrected chi connectivity index (χ1v) is 6.56. The molecule has 17 heavy (non-hydrogen) atoms. The number of allylic oxidation sites excluding steroid dienone is 2. The number of hydrogen-bond donors (Lipinski definition) is 0. The quantitative estimate of drug-likeness (QED) is 0.516. The van der Waals surface area contributed by atoms with Gasteiger partial charge in [-0.1, -0.05) is 13.8 Å². The van der Waals surface area contributed by atoms with E-state index in [1.807, 2.05) is 20.8 Å². The maximum absolute atomic E-state index is 12.2. The van der Waals surface area contributed by atoms with Crippen LogP contribution in [0.5, 0.6) is 0 Å². The molecule has 2 fully saturated rings. The smallest absolute Gasteiger partial charge is 0.171 e. The second kappa shape index (κ2) is 4.63. The molecule has 0 N–H and O–H groups in total. The van der Waals surface area contributed by atoms with Crippen molar-refractivity contribution in [2.24, 2.45) is 11.8 Å². The van der Waals surface area contributed by atoms with Crippen molar-refractivity contribution in [3.05, 3.63) is 11.3 Å². The molecule has 0 aromatic rings. The fourth-order valence-electron chi connectivity index (χ4n) is 2.93. The van der Waals surface area contributed by atoms with Crippen LogP contribution in [0.3, 0.4) is 0 Å². The van der Waals surface area contributed by atoms with Crippen molar-refractivity contribution in [2.75, 3.05) is 13.1 Å². The summed E-state index contributed by atoms with van der Waals surface area (Å²) < 4.78 is 0. The largest absolute Gasteiger partial charge is 0.374 e. The van der Waals surface area contributed by atoms with Crippen LogP contribution in [0.15, 0.2) is 11.3 Å². The summed E-state index contributed by atoms with van der Waals surface area (Å²) in [5.74, 6) is 0.0977. The highest BCUT2D eigenvalue weighted by atomic mass is 16.2. The average molecular weight is 235 g/mol. The van der Waals surface area contributed by atoms with Gasteiger partial charge < -0.3 is 4.90 Å². The fourth-order valence-corrected chi connectivity index (χ4v) is 2.93. The summed E-state index contributed by atoms with van der Waals surface area (Å²) in [7, 11) is 0. The van der Waals surface area contributed by atoms with E-state index >= 15 is 0 Å². The predicted octanol–water partition coefficient (Wildman–Crippen LogP) is 2.17. The first-order chi connectivity index (χ1) is 8.02. The lowest BCUT2D eigenvalue weighted by molar-refractivity contribution is -0.129. The number of ketones is 2. The molecule has 2 aliphatic rings. The second-order valence-corrected chi connectivity index (χ2v) is 5.42. The molecule has 3 nitrogen and oxygen atoms in total. The lowest BCUT2D eigenvalue weighted by atomic mass is 9.77. The molecule has 1 aliphatic carbocycles. The van der Waals surface area contributed by atoms with Gasteiger partial charge in [-0.15, -0.1) is 0 Å². The van der Waals surface area contributed by atoms with Crippen LogP contribution in [0.25, 0.3) is 0 Å². The Labute approximate surface area is 103 Å². The highest BCUT2D eigenvalue weighted by Gasteiger charge is 2.36. The zero-order chi connectivity index (χ0) is 12.6. The van der Waals surface area contributed by atoms with Crippen LogP contribution < -0.4 is 0 Å². The fraction of sp³-hybridized carbons (Fsp3) is 0.714. The van der Waals surface area contributed by atoms with Crippen molar-refractivity contribution in [3.8, 4) is 0 Å². The highest BCUT2D eigenvalue weighted by molar-refractivity contribution is 6.23. The molecule has 2 rings (SSSR count). The van der Waals surface area contributed by atoms with Crippen LogP contribution in [-0.4, -0.2) is 29.6 Å². The summed E-state index contributed by atoms with van der Waals surface area (Å²) in [4.78, 5) is 26.5. The van der Waals surface area contributed by atoms with Gasteiger partial charge in [-0.3, -0.25) is 9.59 Å². The van der Waals surface area contributed by atoms with Crippen molar-refractivity contribution in [2.45, 2.75) is 40.0 Å². The van der Waals surface area contributed by atoms with E-state index in [2.05, 4.69) is 4.90 Å². The molecule has 1 aliphatic heterocycles. The number of carbonyl (C=O) groups excluding carboxylic acids is 2. The molecule has 0 aromatic carbocycles. The summed E-state index contributed by atoms with van der Waals surface area (Å²) in [6.45, 7) is 7.77. The Kier molecular flexibility index (Phi) is 3.36. The minimum Gasteiger partial charge on any atom is -0.374 e. The molecule has 1 heterocycles. The summed E-state index contributed by atoms with van der Waals surface area (Å²) >= 11 is 0. The van der Waals surface area contributed by atoms with E-state index in [1.54, 1.807) is 0 Å². The van der Waals surface area contributed by atoms with Gasteiger partial charge in [0.25, 0.3) is 0 Å². The highest BCUT2D eigenvalue weighted by Crippen LogP contribution is 2.30. The van der Waals surface area contributed by atoms with E-state index in [4.69, 9.17) is 0 Å². The summed E-state index contributed by atoms with van der Waals surface area (Å²) in [6.07, 6.45) is 3.03. The van der Waals surface area contributed by atoms with Crippen LogP contribution in [0.2, 0.25) is 0 Å². The third-order valence-electron chi connectivity index (χ3n) is 4.04. The topological polar surface area (TPSA) is 37.4 Å². The number of rotatable bonds is 1. The number of nitrogens with zero attached hydrogens (tertiary/aromatic N) is 1. The monoisotopic (exact) mass is 235 g/mol. The summed E-state index contributed by atoms with van der Waals surface area (Å²) in [6, 6.07) is 0. The summed E-state index contributed by atoms with van der Waals surface area (Å²) in [5, 5.41) is 0. The van der Waals surface area contributed by atoms with Crippen LogP contribution in [-0.2, 0) is 9.59 Å². The summed E-state index contributed by atoms with van der Waals surface area (Å²) in [5.41, 5.74) is 1.40. The lowest BCUT2D eigenvalue weighted by Gasteiger charge is -2.28. The first kappa shape index (κ1) is 12.3. The van der Waals surface area contributed by atoms with Gasteiger partial charge in [-0.25, -0.2) is 0 Å². The number of carbonyl (C=O) groups is 2. The standard InChI is InChI=1S/C14H21NO2/c1-9-8-10(2)14(17)12(13(9)16)11(3)15-6-4-5-7-15/h9-10H,4-8H2,1-3H3/t9-,10-/m1/s1. The molecule has 0 bridgehead atoms. The molecular weight excluding hydrogens is 214 g/mol. The predicted molar refractivity (Wildman–Crippen MR) is 66.5 cm³/mol. The van der Waals surface area contributed by atoms with Crippen LogP contribution in [0.4, 0.5) is 0 Å². The van der Waals surface area contributed by atoms with Gasteiger partial charge in [0.05, 0.1) is 5.57 Å². The zero-order valence-corrected chi connectivity index (χ0v) is 11.0. The molecule has 0 unspecified atom stereocenters. The molecule has 2 atom stereocenters. The number of Topliss-reactive ketones (excluding diaryl/α,β-unsaturated/α-hetero) is 2. The molecule has 3 heteroatoms. The molecule has 0 spiro atoms. The van der Waals surface area contributed by atoms with E-state index in [9.17, 15) is 9.59 Å². The maximum atomic E-state index is 12.2. The molecule has 1 saturated heterocycles. The van der Waals surface area contributed by atoms with E-state index in [1.165, 1.54) is 0 Å². The van der Waals surface area contributed by atoms with Gasteiger partial charge in [-0.2, -0.15) is 0 Å². The van der Waals surface area contributed by atoms with Gasteiger partial charge in [-0.05, 0) is 26.2 Å². The van der Waals surface area contributed by atoms with Gasteiger partial charge in [0.15, 0.2) is 11.6 Å². The average Bonchev–Trinajstić information content (AvgIpc) is 2.80. The Hall–Kier alpha value is -1.12. The van der Waals surface area contributed by atoms with Gasteiger partial charge in [0.1, 0.15) is 0 Å². The Morgan fingerprint density at radius 2 is 1.53 bits per heavy atom. The Balaban J connectivity index is 2.35. The van der Waals surface area contributed by atoms with Crippen molar-refractivity contribution >= 4 is 11.6 Å². The van der Waals surface area contributed by atoms with Gasteiger partial charge in [0.2, 0.25) is 0 Å². The first-order valence-electron chi connectivity index (χ1n) is 6.56. The van der Waals surface area contributed by atoms with Crippen molar-refractivity contribution in [1.82, 2.24) is 4.90 Å². The van der Waals surface area contributed by atoms with Crippen molar-refractivity contribution in [3.63, 3.8) is 0 Å². The van der Waals surface area contributed by atoms with E-state index < -0.39 is 0 Å². The van der Waals surface area contributed by atoms with E-state index in [0.717, 1.165) is 31.6 Å². The third-order valence-corrected chi connectivity index (χ3v) is 4.04. The molecule has 0 amide bonds. The Bertz CT molecular complexity index is 356. The van der Waals surface area contributed by atoms with E-state index in [0.29, 0.717) is 12.0 Å². The second-order valence-electron chi connectivity index (χ2n) is 5.42. The molecule has 0 radical (unpaired) electrons. The normalized spacial score (nSPS) is 30.1. The van der Waals surface area contributed by atoms with Crippen molar-refractivity contribution in [1.29, 1.82) is 0 Å². The van der Waals surface area contributed by atoms with Crippen LogP contribution in [0, 0.1) is 11.8 Å².